The molecule has 6 aliphatic rings. The van der Waals surface area contributed by atoms with Gasteiger partial charge in [0.05, 0.1) is 31.8 Å². The van der Waals surface area contributed by atoms with E-state index in [2.05, 4.69) is 38.5 Å². The van der Waals surface area contributed by atoms with Crippen LogP contribution in [0.25, 0.3) is 0 Å². The Kier molecular flexibility index (Phi) is 13.9. The fraction of sp³-hybridized carbons (Fsp3) is 0.556. The second kappa shape index (κ2) is 19.3. The summed E-state index contributed by atoms with van der Waals surface area (Å²) in [4.78, 5) is 77.5. The Hall–Kier alpha value is -5.09. The van der Waals surface area contributed by atoms with Crippen molar-refractivity contribution in [1.29, 1.82) is 0 Å². The molecule has 9 unspecified atom stereocenters. The molecule has 7 rings (SSSR count). The summed E-state index contributed by atoms with van der Waals surface area (Å²) >= 11 is 1.88. The summed E-state index contributed by atoms with van der Waals surface area (Å²) in [5, 5.41) is 17.7. The van der Waals surface area contributed by atoms with Gasteiger partial charge in [0.1, 0.15) is 17.6 Å². The molecule has 0 saturated carbocycles. The van der Waals surface area contributed by atoms with Gasteiger partial charge in [-0.25, -0.2) is 9.59 Å². The highest BCUT2D eigenvalue weighted by Crippen LogP contribution is 2.43. The molecule has 4 aliphatic heterocycles. The molecule has 15 nitrogen and oxygen atoms in total. The summed E-state index contributed by atoms with van der Waals surface area (Å²) < 4.78 is 17.1. The second-order valence-corrected chi connectivity index (χ2v) is 18.3. The van der Waals surface area contributed by atoms with Crippen LogP contribution in [0.1, 0.15) is 80.6 Å². The molecule has 0 spiro atoms. The number of ketones is 1. The molecular weight excluding hydrogens is 801 g/mol. The number of carbonyl (C=O) groups is 6. The predicted molar refractivity (Wildman–Crippen MR) is 230 cm³/mol. The van der Waals surface area contributed by atoms with Crippen molar-refractivity contribution in [2.45, 2.75) is 106 Å². The average molecular weight is 859 g/mol. The third-order valence-electron chi connectivity index (χ3n) is 12.9. The summed E-state index contributed by atoms with van der Waals surface area (Å²) in [6.07, 6.45) is 12.9. The molecular formula is C45H58N6O9S. The summed E-state index contributed by atoms with van der Waals surface area (Å²) in [6.45, 7) is 6.74. The number of hydrogen-bond acceptors (Lipinski definition) is 10. The van der Waals surface area contributed by atoms with E-state index in [4.69, 9.17) is 14.2 Å². The van der Waals surface area contributed by atoms with Crippen LogP contribution >= 0.6 is 11.8 Å². The number of fused-ring (bicyclic) bond motifs is 3. The maximum atomic E-state index is 13.6. The Balaban J connectivity index is 0.896. The zero-order valence-corrected chi connectivity index (χ0v) is 36.0. The Morgan fingerprint density at radius 2 is 1.89 bits per heavy atom. The van der Waals surface area contributed by atoms with Gasteiger partial charge in [0.15, 0.2) is 11.3 Å². The standard InChI is InChI=1S/C45H58N6O9S/c1-5-26-19-36-29(20-38(60-36)45(42(55)50-44(57)51-45)22-25(2)28-16-27-13-14-31(59-4)21-32(27)35(52)18-28)17-33(26)41(54)46-15-9-8-10-30(23-58-3)47-39(53)12-7-6-11-37-40-34(24-61-37)48-43(56)49-40/h5,13-14,17,19-21,25,28-30,34,36-37,40H,1,6-12,15-16,18,22-24H2,2-4H3,(H,46,54)(H,47,53)(H2,48,49,56)(H2,50,51,55,57). The summed E-state index contributed by atoms with van der Waals surface area (Å²) in [5.41, 5.74) is 1.14. The molecule has 61 heavy (non-hydrogen) atoms. The molecule has 7 amide bonds. The first-order chi connectivity index (χ1) is 29.4. The van der Waals surface area contributed by atoms with Crippen molar-refractivity contribution in [3.8, 4) is 5.75 Å². The van der Waals surface area contributed by atoms with Crippen LogP contribution in [0, 0.1) is 17.8 Å². The molecule has 9 atom stereocenters. The van der Waals surface area contributed by atoms with Crippen molar-refractivity contribution in [3.63, 3.8) is 0 Å². The zero-order valence-electron chi connectivity index (χ0n) is 35.1. The van der Waals surface area contributed by atoms with E-state index in [0.29, 0.717) is 78.7 Å². The van der Waals surface area contributed by atoms with Crippen LogP contribution in [-0.4, -0.2) is 104 Å². The minimum absolute atomic E-state index is 0.00701. The molecule has 4 heterocycles. The van der Waals surface area contributed by atoms with Crippen LogP contribution in [0.5, 0.6) is 5.75 Å². The van der Waals surface area contributed by atoms with Crippen LogP contribution in [0.3, 0.4) is 0 Å². The maximum Gasteiger partial charge on any atom is 0.322 e. The van der Waals surface area contributed by atoms with Crippen LogP contribution in [0.4, 0.5) is 9.59 Å². The van der Waals surface area contributed by atoms with Crippen molar-refractivity contribution < 1.29 is 43.0 Å². The number of Topliss-reactive ketones (excluding diaryl/α,β-unsaturated/α-hetero) is 1. The number of imide groups is 1. The summed E-state index contributed by atoms with van der Waals surface area (Å²) in [6, 6.07) is 5.04. The van der Waals surface area contributed by atoms with E-state index < -0.39 is 23.6 Å². The Labute approximate surface area is 361 Å². The van der Waals surface area contributed by atoms with Crippen molar-refractivity contribution in [1.82, 2.24) is 31.9 Å². The number of unbranched alkanes of at least 4 members (excludes halogenated alkanes) is 2. The number of urea groups is 2. The lowest BCUT2D eigenvalue weighted by molar-refractivity contribution is -0.125. The SMILES string of the molecule is C=CC1=CC2OC(C3(CC(C)C4CC(=O)c5cc(OC)ccc5C4)NC(=O)NC3=O)=CC2C=C1C(=O)NCCCCC(COC)NC(=O)CCCCC1SCC2NC(=O)NC21. The van der Waals surface area contributed by atoms with Crippen LogP contribution in [0.15, 0.2) is 66.0 Å². The molecule has 1 aromatic carbocycles. The number of nitrogens with one attached hydrogen (secondary N) is 6. The Morgan fingerprint density at radius 1 is 1.05 bits per heavy atom. The minimum Gasteiger partial charge on any atom is -0.497 e. The quantitative estimate of drug-likeness (QED) is 0.0629. The molecule has 0 bridgehead atoms. The monoisotopic (exact) mass is 858 g/mol. The van der Waals surface area contributed by atoms with Crippen molar-refractivity contribution in [3.05, 3.63) is 77.1 Å². The van der Waals surface area contributed by atoms with Crippen molar-refractivity contribution >= 4 is 47.3 Å². The van der Waals surface area contributed by atoms with E-state index in [1.165, 1.54) is 0 Å². The van der Waals surface area contributed by atoms with Gasteiger partial charge >= 0.3 is 12.1 Å². The van der Waals surface area contributed by atoms with E-state index in [1.54, 1.807) is 26.4 Å². The normalized spacial score (nSPS) is 28.3. The first-order valence-corrected chi connectivity index (χ1v) is 22.5. The molecule has 1 aromatic rings. The van der Waals surface area contributed by atoms with Gasteiger partial charge < -0.3 is 40.8 Å². The number of amides is 7. The molecule has 6 N–H and O–H groups in total. The average Bonchev–Trinajstić information content (AvgIpc) is 4.00. The highest BCUT2D eigenvalue weighted by Gasteiger charge is 2.55. The zero-order chi connectivity index (χ0) is 43.3. The van der Waals surface area contributed by atoms with E-state index in [9.17, 15) is 28.8 Å². The van der Waals surface area contributed by atoms with Crippen LogP contribution in [-0.2, 0) is 30.3 Å². The Bertz CT molecular complexity index is 2020. The molecule has 3 fully saturated rings. The third-order valence-corrected chi connectivity index (χ3v) is 14.4. The van der Waals surface area contributed by atoms with Crippen LogP contribution in [0.2, 0.25) is 0 Å². The van der Waals surface area contributed by atoms with Crippen molar-refractivity contribution in [2.75, 3.05) is 33.1 Å². The van der Waals surface area contributed by atoms with Crippen LogP contribution < -0.4 is 36.6 Å². The third kappa shape index (κ3) is 9.85. The van der Waals surface area contributed by atoms with Gasteiger partial charge in [-0.3, -0.25) is 24.5 Å². The van der Waals surface area contributed by atoms with Gasteiger partial charge in [-0.1, -0.05) is 38.1 Å². The number of ether oxygens (including phenoxy) is 3. The topological polar surface area (TPSA) is 202 Å². The lowest BCUT2D eigenvalue weighted by Gasteiger charge is -2.35. The number of allylic oxidation sites excluding steroid dienone is 1. The Morgan fingerprint density at radius 3 is 2.64 bits per heavy atom. The van der Waals surface area contributed by atoms with Gasteiger partial charge in [0.2, 0.25) is 5.91 Å². The predicted octanol–water partition coefficient (Wildman–Crippen LogP) is 4.14. The van der Waals surface area contributed by atoms with Gasteiger partial charge in [-0.15, -0.1) is 0 Å². The van der Waals surface area contributed by atoms with Gasteiger partial charge in [0, 0.05) is 54.6 Å². The fourth-order valence-corrected chi connectivity index (χ4v) is 11.1. The van der Waals surface area contributed by atoms with Gasteiger partial charge in [-0.05, 0) is 92.2 Å². The highest BCUT2D eigenvalue weighted by atomic mass is 32.2. The van der Waals surface area contributed by atoms with E-state index >= 15 is 0 Å². The molecule has 0 aromatic heterocycles. The maximum absolute atomic E-state index is 13.6. The van der Waals surface area contributed by atoms with Crippen molar-refractivity contribution in [2.24, 2.45) is 17.8 Å². The second-order valence-electron chi connectivity index (χ2n) is 17.0. The summed E-state index contributed by atoms with van der Waals surface area (Å²) in [7, 11) is 3.18. The molecule has 16 heteroatoms. The first-order valence-electron chi connectivity index (χ1n) is 21.5. The van der Waals surface area contributed by atoms with E-state index in [0.717, 1.165) is 37.0 Å². The fourth-order valence-electron chi connectivity index (χ4n) is 9.57. The van der Waals surface area contributed by atoms with E-state index in [-0.39, 0.29) is 65.9 Å². The van der Waals surface area contributed by atoms with Gasteiger partial charge in [-0.2, -0.15) is 11.8 Å². The lowest BCUT2D eigenvalue weighted by atomic mass is 9.72. The molecule has 3 saturated heterocycles. The number of thioether (sulfide) groups is 1. The minimum atomic E-state index is -1.48. The van der Waals surface area contributed by atoms with E-state index in [1.807, 2.05) is 49.0 Å². The summed E-state index contributed by atoms with van der Waals surface area (Å²) in [5.74, 6) is 0.471. The highest BCUT2D eigenvalue weighted by molar-refractivity contribution is 8.00. The number of benzene rings is 1. The first kappa shape index (κ1) is 44.0. The molecule has 0 radical (unpaired) electrons. The smallest absolute Gasteiger partial charge is 0.322 e. The number of rotatable bonds is 20. The number of methoxy groups -OCH3 is 2. The molecule has 2 aliphatic carbocycles. The lowest BCUT2D eigenvalue weighted by Crippen LogP contribution is -2.51. The molecule has 328 valence electrons. The number of hydrogen-bond donors (Lipinski definition) is 6. The number of carbonyl (C=O) groups excluding carboxylic acids is 6. The largest absolute Gasteiger partial charge is 0.497 e. The van der Waals surface area contributed by atoms with Gasteiger partial charge in [0.25, 0.3) is 11.8 Å².